The molecule has 0 aromatic heterocycles. The molecule has 2 heterocycles. The fraction of sp³-hybridized carbons (Fsp3) is 0.583. The number of carbonyl (C=O) groups excluding carboxylic acids is 1. The third kappa shape index (κ3) is 2.88. The highest BCUT2D eigenvalue weighted by Gasteiger charge is 2.20. The molecule has 0 radical (unpaired) electrons. The Labute approximate surface area is 100 Å². The molecule has 1 fully saturated rings. The summed E-state index contributed by atoms with van der Waals surface area (Å²) < 4.78 is 10.5. The second kappa shape index (κ2) is 5.55. The van der Waals surface area contributed by atoms with E-state index in [2.05, 4.69) is 10.8 Å². The number of nitrogens with zero attached hydrogens (tertiary/aromatic N) is 2. The molecular formula is C12H16N2O3. The lowest BCUT2D eigenvalue weighted by Crippen LogP contribution is -2.26. The average Bonchev–Trinajstić information content (AvgIpc) is 2.60. The fourth-order valence-corrected chi connectivity index (χ4v) is 1.58. The van der Waals surface area contributed by atoms with Crippen LogP contribution in [0.25, 0.3) is 0 Å². The van der Waals surface area contributed by atoms with Crippen LogP contribution in [0, 0.1) is 0 Å². The predicted molar refractivity (Wildman–Crippen MR) is 62.2 cm³/mol. The third-order valence-corrected chi connectivity index (χ3v) is 2.44. The highest BCUT2D eigenvalue weighted by Crippen LogP contribution is 2.16. The summed E-state index contributed by atoms with van der Waals surface area (Å²) in [6.07, 6.45) is 4.31. The monoisotopic (exact) mass is 236 g/mol. The Bertz CT molecular complexity index is 395. The van der Waals surface area contributed by atoms with Gasteiger partial charge in [-0.3, -0.25) is 0 Å². The Morgan fingerprint density at radius 3 is 3.35 bits per heavy atom. The third-order valence-electron chi connectivity index (χ3n) is 2.44. The van der Waals surface area contributed by atoms with Crippen molar-refractivity contribution in [1.29, 1.82) is 0 Å². The minimum atomic E-state index is -0.400. The minimum Gasteiger partial charge on any atom is -0.472 e. The van der Waals surface area contributed by atoms with Crippen molar-refractivity contribution in [2.45, 2.75) is 26.2 Å². The normalized spacial score (nSPS) is 18.5. The molecule has 0 aromatic rings. The number of hydrogen-bond acceptors (Lipinski definition) is 5. The van der Waals surface area contributed by atoms with E-state index in [4.69, 9.17) is 9.47 Å². The first-order chi connectivity index (χ1) is 8.31. The van der Waals surface area contributed by atoms with Crippen LogP contribution >= 0.6 is 0 Å². The van der Waals surface area contributed by atoms with Gasteiger partial charge in [-0.2, -0.15) is 5.10 Å². The molecule has 5 nitrogen and oxygen atoms in total. The van der Waals surface area contributed by atoms with Crippen molar-refractivity contribution in [1.82, 2.24) is 5.01 Å². The number of rotatable bonds is 3. The van der Waals surface area contributed by atoms with Crippen molar-refractivity contribution in [2.75, 3.05) is 19.8 Å². The lowest BCUT2D eigenvalue weighted by Gasteiger charge is -2.19. The fourth-order valence-electron chi connectivity index (χ4n) is 1.58. The van der Waals surface area contributed by atoms with Crippen molar-refractivity contribution >= 4 is 11.7 Å². The summed E-state index contributed by atoms with van der Waals surface area (Å²) in [5.74, 6) is 0.192. The molecular weight excluding hydrogens is 220 g/mol. The quantitative estimate of drug-likeness (QED) is 0.549. The molecule has 5 heteroatoms. The number of hydrogen-bond donors (Lipinski definition) is 0. The van der Waals surface area contributed by atoms with Crippen molar-refractivity contribution in [3.8, 4) is 0 Å². The predicted octanol–water partition coefficient (Wildman–Crippen LogP) is 1.42. The van der Waals surface area contributed by atoms with E-state index in [1.807, 2.05) is 6.92 Å². The van der Waals surface area contributed by atoms with Gasteiger partial charge in [0.1, 0.15) is 0 Å². The van der Waals surface area contributed by atoms with E-state index in [-0.39, 0.29) is 5.71 Å². The Morgan fingerprint density at radius 1 is 1.65 bits per heavy atom. The van der Waals surface area contributed by atoms with Gasteiger partial charge in [-0.1, -0.05) is 12.7 Å². The summed E-state index contributed by atoms with van der Waals surface area (Å²) >= 11 is 0. The number of fused-ring (bicyclic) bond motifs is 1. The lowest BCUT2D eigenvalue weighted by molar-refractivity contribution is -0.135. The molecule has 0 unspecified atom stereocenters. The maximum Gasteiger partial charge on any atom is 0.359 e. The van der Waals surface area contributed by atoms with Crippen LogP contribution in [0.3, 0.4) is 0 Å². The van der Waals surface area contributed by atoms with E-state index < -0.39 is 5.97 Å². The highest BCUT2D eigenvalue weighted by molar-refractivity contribution is 6.41. The maximum atomic E-state index is 11.6. The molecule has 0 bridgehead atoms. The van der Waals surface area contributed by atoms with Crippen LogP contribution in [-0.4, -0.2) is 36.4 Å². The van der Waals surface area contributed by atoms with Gasteiger partial charge < -0.3 is 9.47 Å². The van der Waals surface area contributed by atoms with Crippen LogP contribution in [-0.2, 0) is 14.3 Å². The summed E-state index contributed by atoms with van der Waals surface area (Å²) in [5.41, 5.74) is 3.22. The first-order valence-electron chi connectivity index (χ1n) is 5.94. The van der Waals surface area contributed by atoms with E-state index in [1.165, 1.54) is 6.08 Å². The van der Waals surface area contributed by atoms with E-state index >= 15 is 0 Å². The van der Waals surface area contributed by atoms with Crippen LogP contribution in [0.1, 0.15) is 26.2 Å². The summed E-state index contributed by atoms with van der Waals surface area (Å²) in [6, 6.07) is 0. The van der Waals surface area contributed by atoms with Crippen molar-refractivity contribution in [3.05, 3.63) is 17.7 Å². The first kappa shape index (κ1) is 11.7. The second-order valence-corrected chi connectivity index (χ2v) is 3.89. The van der Waals surface area contributed by atoms with Crippen molar-refractivity contribution < 1.29 is 14.3 Å². The number of hydrazone groups is 1. The van der Waals surface area contributed by atoms with Crippen LogP contribution in [0.4, 0.5) is 0 Å². The molecule has 2 aliphatic heterocycles. The SMILES string of the molecule is CCCOC(=O)C1=NN2CCCCOC2=C=C1. The van der Waals surface area contributed by atoms with Gasteiger partial charge in [-0.25, -0.2) is 9.80 Å². The molecule has 0 amide bonds. The van der Waals surface area contributed by atoms with Crippen molar-refractivity contribution in [3.63, 3.8) is 0 Å². The van der Waals surface area contributed by atoms with E-state index in [0.717, 1.165) is 25.8 Å². The molecule has 17 heavy (non-hydrogen) atoms. The summed E-state index contributed by atoms with van der Waals surface area (Å²) in [6.45, 7) is 3.80. The molecule has 0 aromatic carbocycles. The molecule has 1 saturated heterocycles. The number of ether oxygens (including phenoxy) is 2. The molecule has 92 valence electrons. The van der Waals surface area contributed by atoms with Gasteiger partial charge in [0.2, 0.25) is 0 Å². The molecule has 2 rings (SSSR count). The van der Waals surface area contributed by atoms with Gasteiger partial charge >= 0.3 is 5.97 Å². The summed E-state index contributed by atoms with van der Waals surface area (Å²) in [4.78, 5) is 11.6. The molecule has 0 spiro atoms. The number of esters is 1. The van der Waals surface area contributed by atoms with Gasteiger partial charge in [-0.15, -0.1) is 0 Å². The van der Waals surface area contributed by atoms with Gasteiger partial charge in [-0.05, 0) is 19.3 Å². The molecule has 0 N–H and O–H groups in total. The Balaban J connectivity index is 2.08. The average molecular weight is 236 g/mol. The van der Waals surface area contributed by atoms with Gasteiger partial charge in [0, 0.05) is 12.6 Å². The van der Waals surface area contributed by atoms with Gasteiger partial charge in [0.05, 0.1) is 13.2 Å². The second-order valence-electron chi connectivity index (χ2n) is 3.89. The minimum absolute atomic E-state index is 0.285. The first-order valence-corrected chi connectivity index (χ1v) is 5.94. The Morgan fingerprint density at radius 2 is 2.53 bits per heavy atom. The smallest absolute Gasteiger partial charge is 0.359 e. The zero-order chi connectivity index (χ0) is 12.1. The Hall–Kier alpha value is -1.74. The van der Waals surface area contributed by atoms with Gasteiger partial charge in [0.25, 0.3) is 5.88 Å². The van der Waals surface area contributed by atoms with Gasteiger partial charge in [0.15, 0.2) is 5.71 Å². The topological polar surface area (TPSA) is 51.1 Å². The standard InChI is InChI=1S/C12H16N2O3/c1-2-8-17-12(15)10-5-6-11-14(13-10)7-3-4-9-16-11/h5H,2-4,7-9H2,1H3. The molecule has 0 aliphatic carbocycles. The highest BCUT2D eigenvalue weighted by atomic mass is 16.5. The van der Waals surface area contributed by atoms with E-state index in [1.54, 1.807) is 5.01 Å². The zero-order valence-electron chi connectivity index (χ0n) is 9.94. The van der Waals surface area contributed by atoms with E-state index in [0.29, 0.717) is 19.1 Å². The zero-order valence-corrected chi connectivity index (χ0v) is 9.94. The van der Waals surface area contributed by atoms with Crippen LogP contribution < -0.4 is 0 Å². The Kier molecular flexibility index (Phi) is 3.83. The summed E-state index contributed by atoms with van der Waals surface area (Å²) in [7, 11) is 0. The summed E-state index contributed by atoms with van der Waals surface area (Å²) in [5, 5.41) is 5.89. The van der Waals surface area contributed by atoms with Crippen molar-refractivity contribution in [2.24, 2.45) is 5.10 Å². The molecule has 0 atom stereocenters. The van der Waals surface area contributed by atoms with Crippen LogP contribution in [0.5, 0.6) is 0 Å². The maximum absolute atomic E-state index is 11.6. The lowest BCUT2D eigenvalue weighted by atomic mass is 10.3. The van der Waals surface area contributed by atoms with Crippen LogP contribution in [0.2, 0.25) is 0 Å². The molecule has 0 saturated carbocycles. The molecule has 2 aliphatic rings. The number of carbonyl (C=O) groups is 1. The van der Waals surface area contributed by atoms with E-state index in [9.17, 15) is 4.79 Å². The largest absolute Gasteiger partial charge is 0.472 e. The van der Waals surface area contributed by atoms with Crippen LogP contribution in [0.15, 0.2) is 22.8 Å².